The summed E-state index contributed by atoms with van der Waals surface area (Å²) in [7, 11) is 0. The number of ether oxygens (including phenoxy) is 1. The highest BCUT2D eigenvalue weighted by Crippen LogP contribution is 2.26. The molecule has 5 nitrogen and oxygen atoms in total. The van der Waals surface area contributed by atoms with E-state index in [9.17, 15) is 22.8 Å². The highest BCUT2D eigenvalue weighted by molar-refractivity contribution is 6.32. The predicted octanol–water partition coefficient (Wildman–Crippen LogP) is 2.86. The number of hydrogen-bond donors (Lipinski definition) is 2. The van der Waals surface area contributed by atoms with Gasteiger partial charge in [-0.2, -0.15) is 13.2 Å². The fourth-order valence-corrected chi connectivity index (χ4v) is 1.92. The summed E-state index contributed by atoms with van der Waals surface area (Å²) in [6.07, 6.45) is -6.37. The van der Waals surface area contributed by atoms with E-state index < -0.39 is 37.1 Å². The van der Waals surface area contributed by atoms with E-state index in [0.717, 1.165) is 0 Å². The van der Waals surface area contributed by atoms with Crippen molar-refractivity contribution in [2.75, 3.05) is 6.61 Å². The van der Waals surface area contributed by atoms with Gasteiger partial charge in [0.05, 0.1) is 6.42 Å². The minimum Gasteiger partial charge on any atom is -0.484 e. The third kappa shape index (κ3) is 6.35. The van der Waals surface area contributed by atoms with Gasteiger partial charge in [-0.3, -0.25) is 4.79 Å². The van der Waals surface area contributed by atoms with E-state index in [0.29, 0.717) is 21.9 Å². The summed E-state index contributed by atoms with van der Waals surface area (Å²) in [6.45, 7) is 2.85. The first-order valence-electron chi connectivity index (χ1n) is 6.48. The molecule has 1 rings (SSSR count). The fourth-order valence-electron chi connectivity index (χ4n) is 1.81. The quantitative estimate of drug-likeness (QED) is 0.824. The molecule has 1 amide bonds. The Morgan fingerprint density at radius 3 is 2.26 bits per heavy atom. The summed E-state index contributed by atoms with van der Waals surface area (Å²) < 4.78 is 41.9. The second-order valence-corrected chi connectivity index (χ2v) is 5.32. The van der Waals surface area contributed by atoms with Crippen molar-refractivity contribution < 1.29 is 32.6 Å². The summed E-state index contributed by atoms with van der Waals surface area (Å²) in [5.74, 6) is -2.43. The first-order chi connectivity index (χ1) is 10.5. The van der Waals surface area contributed by atoms with Crippen LogP contribution in [0.4, 0.5) is 13.2 Å². The van der Waals surface area contributed by atoms with Crippen molar-refractivity contribution in [1.82, 2.24) is 5.32 Å². The van der Waals surface area contributed by atoms with Crippen LogP contribution < -0.4 is 10.1 Å². The molecule has 0 aromatic heterocycles. The molecular formula is C14H15ClF3NO4. The van der Waals surface area contributed by atoms with Crippen LogP contribution in [0.5, 0.6) is 5.75 Å². The molecule has 0 fully saturated rings. The van der Waals surface area contributed by atoms with Crippen molar-refractivity contribution in [3.05, 3.63) is 28.3 Å². The highest BCUT2D eigenvalue weighted by Gasteiger charge is 2.36. The van der Waals surface area contributed by atoms with Gasteiger partial charge in [0.2, 0.25) is 0 Å². The van der Waals surface area contributed by atoms with Crippen molar-refractivity contribution in [2.45, 2.75) is 32.5 Å². The minimum absolute atomic E-state index is 0.308. The predicted molar refractivity (Wildman–Crippen MR) is 76.7 cm³/mol. The lowest BCUT2D eigenvalue weighted by atomic mass is 10.1. The van der Waals surface area contributed by atoms with E-state index in [2.05, 4.69) is 0 Å². The van der Waals surface area contributed by atoms with Crippen LogP contribution in [-0.2, 0) is 9.59 Å². The summed E-state index contributed by atoms with van der Waals surface area (Å²) in [4.78, 5) is 22.3. The molecule has 23 heavy (non-hydrogen) atoms. The van der Waals surface area contributed by atoms with E-state index in [1.54, 1.807) is 31.3 Å². The maximum atomic E-state index is 12.2. The lowest BCUT2D eigenvalue weighted by Crippen LogP contribution is -2.45. The number of rotatable bonds is 6. The van der Waals surface area contributed by atoms with Gasteiger partial charge in [0.1, 0.15) is 11.8 Å². The second kappa shape index (κ2) is 7.54. The summed E-state index contributed by atoms with van der Waals surface area (Å²) in [6, 6.07) is 1.07. The van der Waals surface area contributed by atoms with E-state index in [1.807, 2.05) is 0 Å². The summed E-state index contributed by atoms with van der Waals surface area (Å²) >= 11 is 5.97. The maximum absolute atomic E-state index is 12.2. The molecule has 0 aliphatic rings. The molecule has 0 heterocycles. The molecule has 1 aromatic rings. The Balaban J connectivity index is 2.64. The average molecular weight is 354 g/mol. The Kier molecular flexibility index (Phi) is 6.26. The molecule has 1 atom stereocenters. The zero-order valence-corrected chi connectivity index (χ0v) is 13.1. The first-order valence-corrected chi connectivity index (χ1v) is 6.86. The number of nitrogens with one attached hydrogen (secondary N) is 1. The second-order valence-electron chi connectivity index (χ2n) is 4.94. The molecule has 0 aliphatic carbocycles. The number of carboxylic acids is 1. The largest absolute Gasteiger partial charge is 0.484 e. The summed E-state index contributed by atoms with van der Waals surface area (Å²) in [5, 5.41) is 11.0. The molecule has 128 valence electrons. The highest BCUT2D eigenvalue weighted by atomic mass is 35.5. The molecule has 0 saturated carbocycles. The standard InChI is InChI=1S/C14H15ClF3NO4/c1-7-3-9(4-8(2)12(7)15)23-6-11(20)19-10(13(21)22)5-14(16,17)18/h3-4,10H,5-6H2,1-2H3,(H,19,20)(H,21,22). The molecule has 0 radical (unpaired) electrons. The third-order valence-corrected chi connectivity index (χ3v) is 3.44. The normalized spacial score (nSPS) is 12.6. The van der Waals surface area contributed by atoms with E-state index in [4.69, 9.17) is 21.4 Å². The van der Waals surface area contributed by atoms with Crippen LogP contribution in [0.3, 0.4) is 0 Å². The Morgan fingerprint density at radius 1 is 1.30 bits per heavy atom. The van der Waals surface area contributed by atoms with Crippen molar-refractivity contribution in [2.24, 2.45) is 0 Å². The molecule has 0 bridgehead atoms. The van der Waals surface area contributed by atoms with Crippen molar-refractivity contribution in [3.63, 3.8) is 0 Å². The SMILES string of the molecule is Cc1cc(OCC(=O)NC(CC(F)(F)F)C(=O)O)cc(C)c1Cl. The molecule has 1 unspecified atom stereocenters. The zero-order valence-electron chi connectivity index (χ0n) is 12.3. The van der Waals surface area contributed by atoms with Crippen molar-refractivity contribution in [3.8, 4) is 5.75 Å². The molecule has 0 aliphatic heterocycles. The van der Waals surface area contributed by atoms with Crippen LogP contribution in [0.25, 0.3) is 0 Å². The van der Waals surface area contributed by atoms with E-state index >= 15 is 0 Å². The molecule has 2 N–H and O–H groups in total. The number of alkyl halides is 3. The number of carboxylic acid groups (broad SMARTS) is 1. The van der Waals surface area contributed by atoms with Crippen LogP contribution in [-0.4, -0.2) is 35.8 Å². The van der Waals surface area contributed by atoms with Crippen LogP contribution in [0.15, 0.2) is 12.1 Å². The van der Waals surface area contributed by atoms with Gasteiger partial charge in [-0.15, -0.1) is 0 Å². The van der Waals surface area contributed by atoms with Crippen LogP contribution in [0.1, 0.15) is 17.5 Å². The molecule has 9 heteroatoms. The van der Waals surface area contributed by atoms with Gasteiger partial charge in [-0.25, -0.2) is 4.79 Å². The maximum Gasteiger partial charge on any atom is 0.391 e. The van der Waals surface area contributed by atoms with Crippen LogP contribution in [0.2, 0.25) is 5.02 Å². The van der Waals surface area contributed by atoms with Gasteiger partial charge in [0, 0.05) is 5.02 Å². The Bertz CT molecular complexity index is 581. The van der Waals surface area contributed by atoms with Gasteiger partial charge in [0.25, 0.3) is 5.91 Å². The fraction of sp³-hybridized carbons (Fsp3) is 0.429. The molecule has 0 saturated heterocycles. The van der Waals surface area contributed by atoms with Crippen LogP contribution in [0, 0.1) is 13.8 Å². The van der Waals surface area contributed by atoms with Crippen molar-refractivity contribution in [1.29, 1.82) is 0 Å². The minimum atomic E-state index is -4.71. The van der Waals surface area contributed by atoms with Crippen LogP contribution >= 0.6 is 11.6 Å². The number of carbonyl (C=O) groups excluding carboxylic acids is 1. The summed E-state index contributed by atoms with van der Waals surface area (Å²) in [5.41, 5.74) is 1.42. The van der Waals surface area contributed by atoms with E-state index in [1.165, 1.54) is 0 Å². The molecule has 0 spiro atoms. The molecule has 1 aromatic carbocycles. The lowest BCUT2D eigenvalue weighted by Gasteiger charge is -2.16. The number of carbonyl (C=O) groups is 2. The smallest absolute Gasteiger partial charge is 0.391 e. The lowest BCUT2D eigenvalue weighted by molar-refractivity contribution is -0.160. The van der Waals surface area contributed by atoms with Gasteiger partial charge < -0.3 is 15.2 Å². The molecular weight excluding hydrogens is 339 g/mol. The number of hydrogen-bond acceptors (Lipinski definition) is 3. The Morgan fingerprint density at radius 2 is 1.83 bits per heavy atom. The van der Waals surface area contributed by atoms with E-state index in [-0.39, 0.29) is 0 Å². The monoisotopic (exact) mass is 353 g/mol. The number of benzene rings is 1. The average Bonchev–Trinajstić information content (AvgIpc) is 2.40. The number of aryl methyl sites for hydroxylation is 2. The first kappa shape index (κ1) is 19.1. The number of halogens is 4. The van der Waals surface area contributed by atoms with Crippen molar-refractivity contribution >= 4 is 23.5 Å². The topological polar surface area (TPSA) is 75.6 Å². The third-order valence-electron chi connectivity index (χ3n) is 2.85. The van der Waals surface area contributed by atoms with Gasteiger partial charge in [-0.1, -0.05) is 11.6 Å². The van der Waals surface area contributed by atoms with Gasteiger partial charge in [-0.05, 0) is 37.1 Å². The number of amides is 1. The zero-order chi connectivity index (χ0) is 17.8. The Labute approximate surface area is 135 Å². The number of aliphatic carboxylic acids is 1. The van der Waals surface area contributed by atoms with Gasteiger partial charge >= 0.3 is 12.1 Å². The van der Waals surface area contributed by atoms with Gasteiger partial charge in [0.15, 0.2) is 6.61 Å². The Hall–Kier alpha value is -1.96.